The number of hydrogen-bond donors (Lipinski definition) is 1. The average molecular weight is 284 g/mol. The van der Waals surface area contributed by atoms with Crippen LogP contribution in [0.4, 0.5) is 0 Å². The molecule has 0 saturated carbocycles. The standard InChI is InChI=1S/C16H16N2O3/c1-2-9-18-13-6-4-3-5-12(13)17-15(18)10-11-7-8-14(21-11)16(19)20/h3-8H,2,9-10H2,1H3,(H,19,20). The highest BCUT2D eigenvalue weighted by Crippen LogP contribution is 2.20. The van der Waals surface area contributed by atoms with Gasteiger partial charge in [0, 0.05) is 6.54 Å². The first kappa shape index (κ1) is 13.4. The van der Waals surface area contributed by atoms with E-state index >= 15 is 0 Å². The number of nitrogens with zero attached hydrogens (tertiary/aromatic N) is 2. The normalized spacial score (nSPS) is 11.1. The largest absolute Gasteiger partial charge is 0.475 e. The van der Waals surface area contributed by atoms with Gasteiger partial charge in [0.2, 0.25) is 5.76 Å². The van der Waals surface area contributed by atoms with Crippen LogP contribution < -0.4 is 0 Å². The molecule has 0 radical (unpaired) electrons. The molecule has 1 N–H and O–H groups in total. The maximum absolute atomic E-state index is 10.9. The molecule has 0 unspecified atom stereocenters. The number of carboxylic acids is 1. The Morgan fingerprint density at radius 3 is 2.81 bits per heavy atom. The van der Waals surface area contributed by atoms with E-state index < -0.39 is 5.97 Å². The van der Waals surface area contributed by atoms with Crippen molar-refractivity contribution in [1.82, 2.24) is 9.55 Å². The molecule has 2 heterocycles. The fraction of sp³-hybridized carbons (Fsp3) is 0.250. The van der Waals surface area contributed by atoms with Crippen LogP contribution in [0, 0.1) is 0 Å². The van der Waals surface area contributed by atoms with Crippen molar-refractivity contribution >= 4 is 17.0 Å². The van der Waals surface area contributed by atoms with Crippen LogP contribution in [0.3, 0.4) is 0 Å². The van der Waals surface area contributed by atoms with E-state index in [0.29, 0.717) is 12.2 Å². The summed E-state index contributed by atoms with van der Waals surface area (Å²) in [6.07, 6.45) is 1.49. The monoisotopic (exact) mass is 284 g/mol. The third-order valence-electron chi connectivity index (χ3n) is 3.39. The van der Waals surface area contributed by atoms with E-state index in [1.165, 1.54) is 6.07 Å². The highest BCUT2D eigenvalue weighted by Gasteiger charge is 2.14. The number of aromatic nitrogens is 2. The number of aromatic carboxylic acids is 1. The summed E-state index contributed by atoms with van der Waals surface area (Å²) < 4.78 is 7.49. The predicted octanol–water partition coefficient (Wildman–Crippen LogP) is 3.33. The van der Waals surface area contributed by atoms with E-state index in [1.54, 1.807) is 6.07 Å². The summed E-state index contributed by atoms with van der Waals surface area (Å²) in [6.45, 7) is 3.00. The molecule has 0 spiro atoms. The molecule has 1 aromatic carbocycles. The molecule has 5 heteroatoms. The summed E-state index contributed by atoms with van der Waals surface area (Å²) in [5, 5.41) is 8.90. The van der Waals surface area contributed by atoms with Gasteiger partial charge in [-0.1, -0.05) is 19.1 Å². The second kappa shape index (κ2) is 5.44. The Bertz CT molecular complexity index is 786. The van der Waals surface area contributed by atoms with E-state index in [4.69, 9.17) is 9.52 Å². The number of carbonyl (C=O) groups is 1. The van der Waals surface area contributed by atoms with E-state index in [9.17, 15) is 4.79 Å². The Morgan fingerprint density at radius 2 is 2.10 bits per heavy atom. The molecule has 2 aromatic heterocycles. The summed E-state index contributed by atoms with van der Waals surface area (Å²) in [5.74, 6) is 0.413. The van der Waals surface area contributed by atoms with Gasteiger partial charge >= 0.3 is 5.97 Å². The molecule has 0 atom stereocenters. The second-order valence-corrected chi connectivity index (χ2v) is 4.92. The molecule has 0 amide bonds. The van der Waals surface area contributed by atoms with Crippen molar-refractivity contribution in [3.8, 4) is 0 Å². The number of fused-ring (bicyclic) bond motifs is 1. The average Bonchev–Trinajstić information content (AvgIpc) is 3.06. The van der Waals surface area contributed by atoms with Crippen molar-refractivity contribution < 1.29 is 14.3 Å². The lowest BCUT2D eigenvalue weighted by Crippen LogP contribution is -2.03. The van der Waals surface area contributed by atoms with E-state index in [0.717, 1.165) is 29.8 Å². The van der Waals surface area contributed by atoms with Crippen LogP contribution in [0.1, 0.15) is 35.5 Å². The van der Waals surface area contributed by atoms with Gasteiger partial charge in [-0.25, -0.2) is 9.78 Å². The number of para-hydroxylation sites is 2. The minimum absolute atomic E-state index is 0.0387. The fourth-order valence-corrected chi connectivity index (χ4v) is 2.48. The topological polar surface area (TPSA) is 68.3 Å². The smallest absolute Gasteiger partial charge is 0.371 e. The number of imidazole rings is 1. The van der Waals surface area contributed by atoms with E-state index in [1.807, 2.05) is 24.3 Å². The first-order valence-electron chi connectivity index (χ1n) is 6.95. The molecule has 0 aliphatic heterocycles. The summed E-state index contributed by atoms with van der Waals surface area (Å²) in [5.41, 5.74) is 2.05. The Balaban J connectivity index is 1.98. The van der Waals surface area contributed by atoms with Crippen molar-refractivity contribution in [2.45, 2.75) is 26.3 Å². The Hall–Kier alpha value is -2.56. The van der Waals surface area contributed by atoms with Crippen molar-refractivity contribution in [3.63, 3.8) is 0 Å². The van der Waals surface area contributed by atoms with Gasteiger partial charge in [0.15, 0.2) is 0 Å². The maximum Gasteiger partial charge on any atom is 0.371 e. The van der Waals surface area contributed by atoms with Crippen LogP contribution in [0.15, 0.2) is 40.8 Å². The van der Waals surface area contributed by atoms with Crippen LogP contribution in [0.2, 0.25) is 0 Å². The summed E-state index contributed by atoms with van der Waals surface area (Å²) >= 11 is 0. The summed E-state index contributed by atoms with van der Waals surface area (Å²) in [7, 11) is 0. The van der Waals surface area contributed by atoms with Crippen LogP contribution in [-0.4, -0.2) is 20.6 Å². The maximum atomic E-state index is 10.9. The zero-order valence-corrected chi connectivity index (χ0v) is 11.7. The SMILES string of the molecule is CCCn1c(Cc2ccc(C(=O)O)o2)nc2ccccc21. The minimum Gasteiger partial charge on any atom is -0.475 e. The third-order valence-corrected chi connectivity index (χ3v) is 3.39. The molecule has 0 bridgehead atoms. The molecule has 3 aromatic rings. The van der Waals surface area contributed by atoms with Crippen molar-refractivity contribution in [2.24, 2.45) is 0 Å². The zero-order valence-electron chi connectivity index (χ0n) is 11.7. The van der Waals surface area contributed by atoms with Crippen molar-refractivity contribution in [3.05, 3.63) is 53.7 Å². The minimum atomic E-state index is -1.05. The number of rotatable bonds is 5. The molecule has 0 saturated heterocycles. The van der Waals surface area contributed by atoms with Gasteiger partial charge in [-0.2, -0.15) is 0 Å². The van der Waals surface area contributed by atoms with Crippen molar-refractivity contribution in [1.29, 1.82) is 0 Å². The molecule has 0 aliphatic rings. The highest BCUT2D eigenvalue weighted by molar-refractivity contribution is 5.84. The first-order chi connectivity index (χ1) is 10.2. The van der Waals surface area contributed by atoms with Gasteiger partial charge in [-0.05, 0) is 30.7 Å². The highest BCUT2D eigenvalue weighted by atomic mass is 16.4. The number of hydrogen-bond acceptors (Lipinski definition) is 3. The number of benzene rings is 1. The predicted molar refractivity (Wildman–Crippen MR) is 78.5 cm³/mol. The van der Waals surface area contributed by atoms with Gasteiger partial charge in [0.25, 0.3) is 0 Å². The third kappa shape index (κ3) is 2.54. The second-order valence-electron chi connectivity index (χ2n) is 4.92. The van der Waals surface area contributed by atoms with Gasteiger partial charge < -0.3 is 14.1 Å². The fourth-order valence-electron chi connectivity index (χ4n) is 2.48. The lowest BCUT2D eigenvalue weighted by molar-refractivity contribution is 0.0660. The molecular weight excluding hydrogens is 268 g/mol. The Morgan fingerprint density at radius 1 is 1.29 bits per heavy atom. The lowest BCUT2D eigenvalue weighted by Gasteiger charge is -2.06. The van der Waals surface area contributed by atoms with Crippen LogP contribution in [0.25, 0.3) is 11.0 Å². The number of carboxylic acid groups (broad SMARTS) is 1. The summed E-state index contributed by atoms with van der Waals surface area (Å²) in [6, 6.07) is 11.2. The number of furan rings is 1. The molecule has 0 fully saturated rings. The van der Waals surface area contributed by atoms with Crippen molar-refractivity contribution in [2.75, 3.05) is 0 Å². The molecule has 108 valence electrons. The molecular formula is C16H16N2O3. The molecule has 3 rings (SSSR count). The summed E-state index contributed by atoms with van der Waals surface area (Å²) in [4.78, 5) is 15.5. The van der Waals surface area contributed by atoms with E-state index in [-0.39, 0.29) is 5.76 Å². The number of aryl methyl sites for hydroxylation is 1. The molecule has 5 nitrogen and oxygen atoms in total. The van der Waals surface area contributed by atoms with Crippen LogP contribution in [-0.2, 0) is 13.0 Å². The zero-order chi connectivity index (χ0) is 14.8. The quantitative estimate of drug-likeness (QED) is 0.780. The van der Waals surface area contributed by atoms with Gasteiger partial charge in [-0.15, -0.1) is 0 Å². The molecule has 21 heavy (non-hydrogen) atoms. The first-order valence-corrected chi connectivity index (χ1v) is 6.95. The van der Waals surface area contributed by atoms with Crippen LogP contribution in [0.5, 0.6) is 0 Å². The van der Waals surface area contributed by atoms with Gasteiger partial charge in [0.05, 0.1) is 17.5 Å². The molecule has 0 aliphatic carbocycles. The van der Waals surface area contributed by atoms with Crippen LogP contribution >= 0.6 is 0 Å². The van der Waals surface area contributed by atoms with Gasteiger partial charge in [0.1, 0.15) is 11.6 Å². The lowest BCUT2D eigenvalue weighted by atomic mass is 10.3. The Kier molecular flexibility index (Phi) is 3.48. The van der Waals surface area contributed by atoms with Gasteiger partial charge in [-0.3, -0.25) is 0 Å². The Labute approximate surface area is 121 Å². The van der Waals surface area contributed by atoms with E-state index in [2.05, 4.69) is 16.5 Å².